The first-order chi connectivity index (χ1) is 14.2. The lowest BCUT2D eigenvalue weighted by Gasteiger charge is -2.11. The highest BCUT2D eigenvalue weighted by Gasteiger charge is 2.38. The molecule has 4 heterocycles. The van der Waals surface area contributed by atoms with Crippen molar-refractivity contribution in [2.45, 2.75) is 12.6 Å². The van der Waals surface area contributed by atoms with E-state index < -0.39 is 12.1 Å². The molecule has 1 aliphatic heterocycles. The molecule has 4 rings (SSSR count). The van der Waals surface area contributed by atoms with Crippen molar-refractivity contribution < 1.29 is 27.9 Å². The van der Waals surface area contributed by atoms with Crippen LogP contribution in [0, 0.1) is 0 Å². The molecule has 0 aliphatic carbocycles. The molecular formula is C19H16F3N5O3. The summed E-state index contributed by atoms with van der Waals surface area (Å²) in [6.45, 7) is 0.675. The molecule has 0 bridgehead atoms. The minimum atomic E-state index is -5.08. The molecule has 0 atom stereocenters. The summed E-state index contributed by atoms with van der Waals surface area (Å²) < 4.78 is 31.7. The number of amides is 1. The Morgan fingerprint density at radius 1 is 1.10 bits per heavy atom. The molecule has 0 unspecified atom stereocenters. The quantitative estimate of drug-likeness (QED) is 0.518. The fourth-order valence-corrected chi connectivity index (χ4v) is 2.68. The van der Waals surface area contributed by atoms with Crippen LogP contribution < -0.4 is 10.6 Å². The molecule has 11 heteroatoms. The first kappa shape index (κ1) is 20.8. The zero-order valence-electron chi connectivity index (χ0n) is 15.3. The Morgan fingerprint density at radius 3 is 2.47 bits per heavy atom. The Kier molecular flexibility index (Phi) is 6.00. The van der Waals surface area contributed by atoms with Crippen LogP contribution in [0.2, 0.25) is 0 Å². The van der Waals surface area contributed by atoms with Gasteiger partial charge in [-0.25, -0.2) is 14.8 Å². The molecule has 0 spiro atoms. The second kappa shape index (κ2) is 8.64. The summed E-state index contributed by atoms with van der Waals surface area (Å²) in [6, 6.07) is 11.4. The van der Waals surface area contributed by atoms with Gasteiger partial charge in [-0.2, -0.15) is 13.2 Å². The van der Waals surface area contributed by atoms with E-state index in [2.05, 4.69) is 25.6 Å². The number of rotatable bonds is 3. The number of carboxylic acids is 1. The first-order valence-electron chi connectivity index (χ1n) is 8.68. The third-order valence-electron chi connectivity index (χ3n) is 4.04. The number of hydrogen-bond donors (Lipinski definition) is 4. The minimum Gasteiger partial charge on any atom is -0.475 e. The monoisotopic (exact) mass is 419 g/mol. The number of anilines is 2. The number of alkyl halides is 3. The molecule has 1 aliphatic rings. The van der Waals surface area contributed by atoms with Gasteiger partial charge in [0.2, 0.25) is 0 Å². The number of hydrogen-bond acceptors (Lipinski definition) is 5. The highest BCUT2D eigenvalue weighted by atomic mass is 19.4. The van der Waals surface area contributed by atoms with E-state index in [1.54, 1.807) is 12.4 Å². The number of pyridine rings is 2. The van der Waals surface area contributed by atoms with Gasteiger partial charge in [0.25, 0.3) is 5.91 Å². The molecular weight excluding hydrogens is 403 g/mol. The molecule has 30 heavy (non-hydrogen) atoms. The van der Waals surface area contributed by atoms with Gasteiger partial charge in [-0.1, -0.05) is 6.07 Å². The van der Waals surface area contributed by atoms with Crippen molar-refractivity contribution in [3.05, 3.63) is 60.0 Å². The lowest BCUT2D eigenvalue weighted by molar-refractivity contribution is -0.192. The largest absolute Gasteiger partial charge is 0.490 e. The molecule has 1 amide bonds. The fourth-order valence-electron chi connectivity index (χ4n) is 2.68. The van der Waals surface area contributed by atoms with E-state index in [1.807, 2.05) is 36.4 Å². The van der Waals surface area contributed by atoms with Crippen LogP contribution in [0.3, 0.4) is 0 Å². The number of aromatic nitrogens is 3. The average Bonchev–Trinajstić information content (AvgIpc) is 3.15. The van der Waals surface area contributed by atoms with Crippen LogP contribution in [0.25, 0.3) is 11.3 Å². The smallest absolute Gasteiger partial charge is 0.475 e. The number of nitrogens with zero attached hydrogens (tertiary/aromatic N) is 2. The van der Waals surface area contributed by atoms with Crippen molar-refractivity contribution in [1.29, 1.82) is 0 Å². The van der Waals surface area contributed by atoms with Crippen LogP contribution in [0.1, 0.15) is 16.1 Å². The maximum Gasteiger partial charge on any atom is 0.490 e. The SMILES string of the molecule is O=C(O)C(F)(F)F.O=C1NCCc2[nH]c(-c3ccnc(Nc4ccccn4)c3)cc21. The van der Waals surface area contributed by atoms with E-state index in [0.29, 0.717) is 12.4 Å². The second-order valence-electron chi connectivity index (χ2n) is 6.15. The predicted octanol–water partition coefficient (Wildman–Crippen LogP) is 3.13. The van der Waals surface area contributed by atoms with E-state index in [-0.39, 0.29) is 5.91 Å². The summed E-state index contributed by atoms with van der Waals surface area (Å²) in [6.07, 6.45) is -0.796. The van der Waals surface area contributed by atoms with Gasteiger partial charge in [-0.15, -0.1) is 0 Å². The zero-order chi connectivity index (χ0) is 21.7. The maximum absolute atomic E-state index is 11.9. The molecule has 0 radical (unpaired) electrons. The number of halogens is 3. The summed E-state index contributed by atoms with van der Waals surface area (Å²) in [5.74, 6) is -1.33. The molecule has 4 N–H and O–H groups in total. The van der Waals surface area contributed by atoms with Gasteiger partial charge in [0.15, 0.2) is 0 Å². The van der Waals surface area contributed by atoms with Gasteiger partial charge >= 0.3 is 12.1 Å². The van der Waals surface area contributed by atoms with Crippen LogP contribution in [0.4, 0.5) is 24.8 Å². The standard InChI is InChI=1S/C17H15N5O.C2HF3O2/c23-17-12-10-14(21-13(12)5-8-20-17)11-4-7-19-16(9-11)22-15-3-1-2-6-18-15;3-2(4,5)1(6)7/h1-4,6-7,9-10,21H,5,8H2,(H,20,23)(H,18,19,22);(H,6,7). The summed E-state index contributed by atoms with van der Waals surface area (Å²) >= 11 is 0. The van der Waals surface area contributed by atoms with Crippen molar-refractivity contribution in [3.63, 3.8) is 0 Å². The van der Waals surface area contributed by atoms with Crippen molar-refractivity contribution in [1.82, 2.24) is 20.3 Å². The Hall–Kier alpha value is -3.89. The van der Waals surface area contributed by atoms with Crippen molar-refractivity contribution in [3.8, 4) is 11.3 Å². The van der Waals surface area contributed by atoms with Gasteiger partial charge in [-0.3, -0.25) is 4.79 Å². The average molecular weight is 419 g/mol. The number of H-pyrrole nitrogens is 1. The minimum absolute atomic E-state index is 0.0189. The number of aliphatic carboxylic acids is 1. The normalized spacial score (nSPS) is 12.8. The van der Waals surface area contributed by atoms with Crippen LogP contribution in [0.15, 0.2) is 48.8 Å². The van der Waals surface area contributed by atoms with E-state index in [0.717, 1.165) is 34.8 Å². The Balaban J connectivity index is 0.000000318. The molecule has 8 nitrogen and oxygen atoms in total. The topological polar surface area (TPSA) is 120 Å². The van der Waals surface area contributed by atoms with Crippen LogP contribution in [-0.2, 0) is 11.2 Å². The number of fused-ring (bicyclic) bond motifs is 1. The number of carboxylic acid groups (broad SMARTS) is 1. The lowest BCUT2D eigenvalue weighted by atomic mass is 10.1. The van der Waals surface area contributed by atoms with Gasteiger partial charge in [0, 0.05) is 42.3 Å². The zero-order valence-corrected chi connectivity index (χ0v) is 15.3. The third-order valence-corrected chi connectivity index (χ3v) is 4.04. The Labute approximate surface area is 168 Å². The maximum atomic E-state index is 11.9. The molecule has 3 aromatic heterocycles. The van der Waals surface area contributed by atoms with Gasteiger partial charge < -0.3 is 20.7 Å². The van der Waals surface area contributed by atoms with Crippen LogP contribution in [0.5, 0.6) is 0 Å². The molecule has 0 aromatic carbocycles. The number of carbonyl (C=O) groups is 2. The number of carbonyl (C=O) groups excluding carboxylic acids is 1. The highest BCUT2D eigenvalue weighted by molar-refractivity contribution is 5.97. The van der Waals surface area contributed by atoms with E-state index in [1.165, 1.54) is 0 Å². The van der Waals surface area contributed by atoms with E-state index in [9.17, 15) is 18.0 Å². The highest BCUT2D eigenvalue weighted by Crippen LogP contribution is 2.25. The second-order valence-corrected chi connectivity index (χ2v) is 6.15. The molecule has 156 valence electrons. The van der Waals surface area contributed by atoms with Crippen molar-refractivity contribution in [2.75, 3.05) is 11.9 Å². The van der Waals surface area contributed by atoms with E-state index >= 15 is 0 Å². The summed E-state index contributed by atoms with van der Waals surface area (Å²) in [4.78, 5) is 32.6. The van der Waals surface area contributed by atoms with Gasteiger partial charge in [-0.05, 0) is 30.3 Å². The third kappa shape index (κ3) is 5.13. The number of nitrogens with one attached hydrogen (secondary N) is 3. The lowest BCUT2D eigenvalue weighted by Crippen LogP contribution is -2.31. The van der Waals surface area contributed by atoms with Crippen LogP contribution in [-0.4, -0.2) is 44.7 Å². The van der Waals surface area contributed by atoms with E-state index in [4.69, 9.17) is 9.90 Å². The molecule has 0 fully saturated rings. The fraction of sp³-hybridized carbons (Fsp3) is 0.158. The number of aromatic amines is 1. The van der Waals surface area contributed by atoms with Crippen LogP contribution >= 0.6 is 0 Å². The Bertz CT molecular complexity index is 1050. The molecule has 3 aromatic rings. The van der Waals surface area contributed by atoms with Crippen molar-refractivity contribution in [2.24, 2.45) is 0 Å². The molecule has 0 saturated heterocycles. The summed E-state index contributed by atoms with van der Waals surface area (Å²) in [5.41, 5.74) is 3.60. The van der Waals surface area contributed by atoms with Gasteiger partial charge in [0.05, 0.1) is 5.56 Å². The van der Waals surface area contributed by atoms with Gasteiger partial charge in [0.1, 0.15) is 11.6 Å². The first-order valence-corrected chi connectivity index (χ1v) is 8.68. The molecule has 0 saturated carbocycles. The summed E-state index contributed by atoms with van der Waals surface area (Å²) in [5, 5.41) is 13.1. The predicted molar refractivity (Wildman–Crippen MR) is 101 cm³/mol. The summed E-state index contributed by atoms with van der Waals surface area (Å²) in [7, 11) is 0. The van der Waals surface area contributed by atoms with Crippen molar-refractivity contribution >= 4 is 23.5 Å². The Morgan fingerprint density at radius 2 is 1.83 bits per heavy atom.